The van der Waals surface area contributed by atoms with Crippen LogP contribution in [-0.4, -0.2) is 28.6 Å². The van der Waals surface area contributed by atoms with Gasteiger partial charge in [0.1, 0.15) is 11.6 Å². The summed E-state index contributed by atoms with van der Waals surface area (Å²) in [6.07, 6.45) is 0.984. The molecule has 138 valence electrons. The molecule has 0 spiro atoms. The standard InChI is InChI=1S/C19H24N4O3/c1-13(21-18(25)26-19(2,3)4)17(24)23-15-11-8-12-20-16(15)22-14-9-6-5-7-10-14/h5-13H,1-4H3,(H,20,22)(H,21,25)(H,23,24). The van der Waals surface area contributed by atoms with Gasteiger partial charge in [0.05, 0.1) is 5.69 Å². The fourth-order valence-corrected chi connectivity index (χ4v) is 2.05. The SMILES string of the molecule is CC(NC(=O)OC(C)(C)C)C(=O)Nc1cccnc1Nc1ccccc1. The number of carbonyl (C=O) groups excluding carboxylic acids is 2. The number of hydrogen-bond acceptors (Lipinski definition) is 5. The zero-order valence-electron chi connectivity index (χ0n) is 15.4. The van der Waals surface area contributed by atoms with Gasteiger partial charge < -0.3 is 20.7 Å². The largest absolute Gasteiger partial charge is 0.444 e. The second-order valence-corrected chi connectivity index (χ2v) is 6.75. The van der Waals surface area contributed by atoms with Crippen LogP contribution in [0.25, 0.3) is 0 Å². The van der Waals surface area contributed by atoms with Crippen LogP contribution >= 0.6 is 0 Å². The normalized spacial score (nSPS) is 12.0. The Morgan fingerprint density at radius 1 is 1.08 bits per heavy atom. The van der Waals surface area contributed by atoms with E-state index in [2.05, 4.69) is 20.9 Å². The fourth-order valence-electron chi connectivity index (χ4n) is 2.05. The maximum atomic E-state index is 12.4. The molecule has 0 fully saturated rings. The van der Waals surface area contributed by atoms with Crippen molar-refractivity contribution in [3.63, 3.8) is 0 Å². The van der Waals surface area contributed by atoms with E-state index >= 15 is 0 Å². The second-order valence-electron chi connectivity index (χ2n) is 6.75. The molecule has 0 saturated heterocycles. The van der Waals surface area contributed by atoms with Gasteiger partial charge >= 0.3 is 6.09 Å². The van der Waals surface area contributed by atoms with Crippen molar-refractivity contribution in [1.29, 1.82) is 0 Å². The van der Waals surface area contributed by atoms with Gasteiger partial charge in [-0.3, -0.25) is 4.79 Å². The number of amides is 2. The number of para-hydroxylation sites is 1. The lowest BCUT2D eigenvalue weighted by atomic mass is 10.2. The summed E-state index contributed by atoms with van der Waals surface area (Å²) in [4.78, 5) is 28.4. The first kappa shape index (κ1) is 19.2. The Bertz CT molecular complexity index is 757. The lowest BCUT2D eigenvalue weighted by molar-refractivity contribution is -0.117. The highest BCUT2D eigenvalue weighted by atomic mass is 16.6. The van der Waals surface area contributed by atoms with Gasteiger partial charge in [0.25, 0.3) is 0 Å². The van der Waals surface area contributed by atoms with Crippen molar-refractivity contribution in [2.75, 3.05) is 10.6 Å². The highest BCUT2D eigenvalue weighted by molar-refractivity contribution is 5.98. The zero-order chi connectivity index (χ0) is 19.2. The smallest absolute Gasteiger partial charge is 0.408 e. The molecule has 1 unspecified atom stereocenters. The highest BCUT2D eigenvalue weighted by Crippen LogP contribution is 2.22. The van der Waals surface area contributed by atoms with Crippen LogP contribution in [0.5, 0.6) is 0 Å². The van der Waals surface area contributed by atoms with Crippen LogP contribution in [-0.2, 0) is 9.53 Å². The molecule has 1 atom stereocenters. The average Bonchev–Trinajstić information content (AvgIpc) is 2.55. The third-order valence-electron chi connectivity index (χ3n) is 3.23. The van der Waals surface area contributed by atoms with Crippen LogP contribution in [0, 0.1) is 0 Å². The Kier molecular flexibility index (Phi) is 6.16. The van der Waals surface area contributed by atoms with E-state index in [0.717, 1.165) is 5.69 Å². The molecule has 0 radical (unpaired) electrons. The van der Waals surface area contributed by atoms with Crippen molar-refractivity contribution in [2.24, 2.45) is 0 Å². The van der Waals surface area contributed by atoms with Gasteiger partial charge in [-0.25, -0.2) is 9.78 Å². The summed E-state index contributed by atoms with van der Waals surface area (Å²) < 4.78 is 5.16. The molecule has 2 amide bonds. The first-order valence-electron chi connectivity index (χ1n) is 8.32. The van der Waals surface area contributed by atoms with E-state index in [9.17, 15) is 9.59 Å². The van der Waals surface area contributed by atoms with Gasteiger partial charge in [0, 0.05) is 11.9 Å². The third kappa shape index (κ3) is 6.08. The molecule has 0 aliphatic rings. The molecular formula is C19H24N4O3. The molecular weight excluding hydrogens is 332 g/mol. The number of pyridine rings is 1. The second kappa shape index (κ2) is 8.33. The number of nitrogens with zero attached hydrogens (tertiary/aromatic N) is 1. The fraction of sp³-hybridized carbons (Fsp3) is 0.316. The number of hydrogen-bond donors (Lipinski definition) is 3. The van der Waals surface area contributed by atoms with Gasteiger partial charge in [-0.05, 0) is 52.0 Å². The molecule has 1 aromatic carbocycles. The van der Waals surface area contributed by atoms with Gasteiger partial charge in [0.2, 0.25) is 5.91 Å². The number of carbonyl (C=O) groups is 2. The van der Waals surface area contributed by atoms with E-state index < -0.39 is 17.7 Å². The van der Waals surface area contributed by atoms with Crippen LogP contribution < -0.4 is 16.0 Å². The van der Waals surface area contributed by atoms with E-state index in [0.29, 0.717) is 11.5 Å². The van der Waals surface area contributed by atoms with E-state index in [1.54, 1.807) is 46.0 Å². The topological polar surface area (TPSA) is 92.3 Å². The average molecular weight is 356 g/mol. The predicted molar refractivity (Wildman–Crippen MR) is 101 cm³/mol. The number of alkyl carbamates (subject to hydrolysis) is 1. The van der Waals surface area contributed by atoms with Gasteiger partial charge in [-0.15, -0.1) is 0 Å². The number of rotatable bonds is 5. The molecule has 7 nitrogen and oxygen atoms in total. The molecule has 1 aromatic heterocycles. The molecule has 2 rings (SSSR count). The van der Waals surface area contributed by atoms with Crippen molar-refractivity contribution < 1.29 is 14.3 Å². The van der Waals surface area contributed by atoms with Crippen molar-refractivity contribution in [1.82, 2.24) is 10.3 Å². The summed E-state index contributed by atoms with van der Waals surface area (Å²) in [6.45, 7) is 6.86. The van der Waals surface area contributed by atoms with Crippen LogP contribution in [0.1, 0.15) is 27.7 Å². The molecule has 26 heavy (non-hydrogen) atoms. The highest BCUT2D eigenvalue weighted by Gasteiger charge is 2.21. The molecule has 7 heteroatoms. The van der Waals surface area contributed by atoms with Crippen LogP contribution in [0.4, 0.5) is 22.0 Å². The van der Waals surface area contributed by atoms with Crippen molar-refractivity contribution in [3.05, 3.63) is 48.7 Å². The summed E-state index contributed by atoms with van der Waals surface area (Å²) >= 11 is 0. The van der Waals surface area contributed by atoms with Crippen LogP contribution in [0.3, 0.4) is 0 Å². The Hall–Kier alpha value is -3.09. The Labute approximate surface area is 153 Å². The first-order valence-corrected chi connectivity index (χ1v) is 8.32. The number of nitrogens with one attached hydrogen (secondary N) is 3. The number of anilines is 3. The van der Waals surface area contributed by atoms with E-state index in [-0.39, 0.29) is 5.91 Å². The van der Waals surface area contributed by atoms with E-state index in [1.165, 1.54) is 0 Å². The van der Waals surface area contributed by atoms with Crippen molar-refractivity contribution >= 4 is 29.2 Å². The Balaban J connectivity index is 2.01. The van der Waals surface area contributed by atoms with Gasteiger partial charge in [-0.2, -0.15) is 0 Å². The van der Waals surface area contributed by atoms with Gasteiger partial charge in [0.15, 0.2) is 5.82 Å². The quantitative estimate of drug-likeness (QED) is 0.760. The van der Waals surface area contributed by atoms with E-state index in [4.69, 9.17) is 4.74 Å². The summed E-state index contributed by atoms with van der Waals surface area (Å²) in [5.41, 5.74) is 0.733. The lowest BCUT2D eigenvalue weighted by Crippen LogP contribution is -2.44. The first-order chi connectivity index (χ1) is 12.2. The lowest BCUT2D eigenvalue weighted by Gasteiger charge is -2.22. The molecule has 0 bridgehead atoms. The predicted octanol–water partition coefficient (Wildman–Crippen LogP) is 3.68. The summed E-state index contributed by atoms with van der Waals surface area (Å²) in [5.74, 6) is 0.136. The minimum absolute atomic E-state index is 0.375. The Morgan fingerprint density at radius 3 is 2.42 bits per heavy atom. The molecule has 3 N–H and O–H groups in total. The molecule has 1 heterocycles. The summed E-state index contributed by atoms with van der Waals surface area (Å²) in [6, 6.07) is 12.2. The monoisotopic (exact) mass is 356 g/mol. The zero-order valence-corrected chi connectivity index (χ0v) is 15.4. The van der Waals surface area contributed by atoms with Crippen LogP contribution in [0.2, 0.25) is 0 Å². The number of aromatic nitrogens is 1. The minimum atomic E-state index is -0.769. The third-order valence-corrected chi connectivity index (χ3v) is 3.23. The van der Waals surface area contributed by atoms with Crippen molar-refractivity contribution in [3.8, 4) is 0 Å². The number of benzene rings is 1. The van der Waals surface area contributed by atoms with Crippen LogP contribution in [0.15, 0.2) is 48.7 Å². The summed E-state index contributed by atoms with van der Waals surface area (Å²) in [7, 11) is 0. The van der Waals surface area contributed by atoms with Crippen molar-refractivity contribution in [2.45, 2.75) is 39.3 Å². The van der Waals surface area contributed by atoms with Gasteiger partial charge in [-0.1, -0.05) is 18.2 Å². The number of ether oxygens (including phenoxy) is 1. The molecule has 2 aromatic rings. The molecule has 0 aliphatic carbocycles. The maximum absolute atomic E-state index is 12.4. The minimum Gasteiger partial charge on any atom is -0.444 e. The summed E-state index contributed by atoms with van der Waals surface area (Å²) in [5, 5.41) is 8.43. The molecule has 0 saturated carbocycles. The molecule has 0 aliphatic heterocycles. The van der Waals surface area contributed by atoms with E-state index in [1.807, 2.05) is 30.3 Å². The maximum Gasteiger partial charge on any atom is 0.408 e. The Morgan fingerprint density at radius 2 is 1.77 bits per heavy atom.